The molecule has 2 fully saturated rings. The number of nitrogens with one attached hydrogen (secondary N) is 2. The first-order chi connectivity index (χ1) is 36.8. The van der Waals surface area contributed by atoms with E-state index in [0.29, 0.717) is 53.9 Å². The van der Waals surface area contributed by atoms with Crippen molar-refractivity contribution in [2.24, 2.45) is 0 Å². The molecule has 77 heavy (non-hydrogen) atoms. The number of aliphatic hydroxyl groups is 4. The average Bonchev–Trinajstić information content (AvgIpc) is 3.48. The van der Waals surface area contributed by atoms with Crippen LogP contribution in [0.4, 0.5) is 0 Å². The first kappa shape index (κ1) is 63.2. The third kappa shape index (κ3) is 17.6. The van der Waals surface area contributed by atoms with Gasteiger partial charge in [-0.25, -0.2) is 0 Å². The number of rotatable bonds is 18. The molecule has 4 aromatic carbocycles. The van der Waals surface area contributed by atoms with Crippen LogP contribution in [-0.4, -0.2) is 157 Å². The maximum absolute atomic E-state index is 13.3. The molecule has 18 nitrogen and oxygen atoms in total. The number of hydrogen-bond acceptors (Lipinski definition) is 14. The van der Waals surface area contributed by atoms with Crippen molar-refractivity contribution in [3.05, 3.63) is 140 Å². The van der Waals surface area contributed by atoms with Crippen molar-refractivity contribution in [2.45, 2.75) is 88.2 Å². The summed E-state index contributed by atoms with van der Waals surface area (Å²) in [5, 5.41) is 41.5. The fraction of sp³-hybridized carbons (Fsp3) is 0.414. The van der Waals surface area contributed by atoms with Crippen LogP contribution in [0.5, 0.6) is 0 Å². The summed E-state index contributed by atoms with van der Waals surface area (Å²) >= 11 is 2.14. The lowest BCUT2D eigenvalue weighted by atomic mass is 9.92. The molecular formula is C58H69IN4O14. The summed E-state index contributed by atoms with van der Waals surface area (Å²) in [6, 6.07) is 27.2. The van der Waals surface area contributed by atoms with Gasteiger partial charge in [0.05, 0.1) is 13.2 Å². The molecule has 6 rings (SSSR count). The normalized spacial score (nSPS) is 17.1. The number of nitrogens with zero attached hydrogens (tertiary/aromatic N) is 2. The third-order valence-electron chi connectivity index (χ3n) is 13.1. The van der Waals surface area contributed by atoms with Crippen molar-refractivity contribution in [3.8, 4) is 24.2 Å². The molecule has 6 atom stereocenters. The van der Waals surface area contributed by atoms with Crippen molar-refractivity contribution in [3.63, 3.8) is 0 Å². The van der Waals surface area contributed by atoms with E-state index in [4.69, 9.17) is 35.6 Å². The Morgan fingerprint density at radius 2 is 0.974 bits per heavy atom. The lowest BCUT2D eigenvalue weighted by Crippen LogP contribution is -2.62. The Balaban J connectivity index is 0.000000283. The van der Waals surface area contributed by atoms with Gasteiger partial charge in [-0.05, 0) is 159 Å². The van der Waals surface area contributed by atoms with Gasteiger partial charge in [0.25, 0.3) is 23.6 Å². The molecule has 0 aromatic heterocycles. The molecule has 2 saturated heterocycles. The predicted octanol–water partition coefficient (Wildman–Crippen LogP) is 4.47. The summed E-state index contributed by atoms with van der Waals surface area (Å²) < 4.78 is 23.1. The van der Waals surface area contributed by atoms with Crippen molar-refractivity contribution in [2.75, 3.05) is 67.8 Å². The number of ketones is 2. The zero-order valence-corrected chi connectivity index (χ0v) is 46.4. The number of hydrogen-bond donors (Lipinski definition) is 6. The quantitative estimate of drug-likeness (QED) is 0.0457. The molecule has 2 heterocycles. The number of halogens is 1. The summed E-state index contributed by atoms with van der Waals surface area (Å²) in [4.78, 5) is 79.8. The first-order valence-electron chi connectivity index (χ1n) is 24.9. The number of benzene rings is 4. The van der Waals surface area contributed by atoms with Crippen molar-refractivity contribution in [1.82, 2.24) is 20.4 Å². The van der Waals surface area contributed by atoms with Gasteiger partial charge >= 0.3 is 0 Å². The molecule has 19 heteroatoms. The molecule has 6 N–H and O–H groups in total. The molecule has 0 aliphatic carbocycles. The molecule has 2 aliphatic rings. The van der Waals surface area contributed by atoms with E-state index in [1.165, 1.54) is 46.9 Å². The Labute approximate surface area is 463 Å². The Hall–Kier alpha value is -6.37. The Kier molecular flexibility index (Phi) is 25.5. The highest BCUT2D eigenvalue weighted by molar-refractivity contribution is 14.1. The van der Waals surface area contributed by atoms with Crippen LogP contribution in [0.25, 0.3) is 0 Å². The lowest BCUT2D eigenvalue weighted by Gasteiger charge is -2.36. The van der Waals surface area contributed by atoms with Crippen molar-refractivity contribution in [1.29, 1.82) is 0 Å². The first-order valence-corrected chi connectivity index (χ1v) is 26.0. The number of Topliss-reactive ketones (excluding diaryl/α,β-unsaturated/α-hetero) is 2. The van der Waals surface area contributed by atoms with E-state index in [1.807, 2.05) is 0 Å². The van der Waals surface area contributed by atoms with Crippen molar-refractivity contribution >= 4 is 57.8 Å². The van der Waals surface area contributed by atoms with Crippen LogP contribution in [0, 0.1) is 27.8 Å². The smallest absolute Gasteiger partial charge is 0.254 e. The Morgan fingerprint density at radius 3 is 1.30 bits per heavy atom. The highest BCUT2D eigenvalue weighted by Gasteiger charge is 2.48. The van der Waals surface area contributed by atoms with Gasteiger partial charge in [0, 0.05) is 72.8 Å². The monoisotopic (exact) mass is 1170 g/mol. The lowest BCUT2D eigenvalue weighted by molar-refractivity contribution is -0.174. The number of carbonyl (C=O) groups excluding carboxylic acids is 6. The molecule has 0 saturated carbocycles. The van der Waals surface area contributed by atoms with Crippen LogP contribution >= 0.6 is 22.6 Å². The number of carbonyl (C=O) groups is 6. The minimum Gasteiger partial charge on any atom is -0.393 e. The number of ether oxygens (including phenoxy) is 4. The fourth-order valence-corrected chi connectivity index (χ4v) is 8.11. The van der Waals surface area contributed by atoms with Gasteiger partial charge in [0.1, 0.15) is 25.4 Å². The number of likely N-dealkylation sites (N-methyl/N-ethyl adjacent to an activating group) is 4. The van der Waals surface area contributed by atoms with Gasteiger partial charge in [-0.2, -0.15) is 0 Å². The molecular weight excluding hydrogens is 1100 g/mol. The predicted molar refractivity (Wildman–Crippen MR) is 295 cm³/mol. The highest BCUT2D eigenvalue weighted by Crippen LogP contribution is 2.24. The Morgan fingerprint density at radius 1 is 0.623 bits per heavy atom. The van der Waals surface area contributed by atoms with E-state index in [9.17, 15) is 39.0 Å². The van der Waals surface area contributed by atoms with Gasteiger partial charge in [-0.1, -0.05) is 42.0 Å². The second-order valence-electron chi connectivity index (χ2n) is 18.2. The summed E-state index contributed by atoms with van der Waals surface area (Å²) in [6.07, 6.45) is 7.65. The topological polar surface area (TPSA) is 251 Å². The van der Waals surface area contributed by atoms with Crippen LogP contribution in [0.2, 0.25) is 0 Å². The number of terminal acetylenes is 1. The second-order valence-corrected chi connectivity index (χ2v) is 19.5. The Bertz CT molecular complexity index is 2690. The van der Waals surface area contributed by atoms with Crippen LogP contribution in [0.1, 0.15) is 113 Å². The van der Waals surface area contributed by atoms with E-state index >= 15 is 0 Å². The second kappa shape index (κ2) is 31.1. The maximum Gasteiger partial charge on any atom is 0.254 e. The van der Waals surface area contributed by atoms with E-state index in [-0.39, 0.29) is 26.4 Å². The largest absolute Gasteiger partial charge is 0.393 e. The van der Waals surface area contributed by atoms with E-state index in [0.717, 1.165) is 45.3 Å². The van der Waals surface area contributed by atoms with Gasteiger partial charge in [-0.3, -0.25) is 28.8 Å². The molecule has 4 amide bonds. The van der Waals surface area contributed by atoms with Gasteiger partial charge in [0.15, 0.2) is 35.2 Å². The summed E-state index contributed by atoms with van der Waals surface area (Å²) in [5.74, 6) is 5.32. The van der Waals surface area contributed by atoms with E-state index in [2.05, 4.69) is 51.0 Å². The van der Waals surface area contributed by atoms with Gasteiger partial charge in [0.2, 0.25) is 0 Å². The van der Waals surface area contributed by atoms with Gasteiger partial charge < -0.3 is 59.8 Å². The molecule has 412 valence electrons. The summed E-state index contributed by atoms with van der Waals surface area (Å²) in [7, 11) is 5.71. The van der Waals surface area contributed by atoms with Crippen LogP contribution in [0.15, 0.2) is 97.1 Å². The molecule has 4 aromatic rings. The standard InChI is InChI=1S/C29H34N2O7.C19H25IN2O5.C10H10O2/c1-29(28(36)30-2,25(34)19-38-26-6-4-5-17-37-26)31(3)27(35)23-15-11-21(12-16-23)8-7-20-9-13-22(14-10-20)24(33)18-32;1-19(18(25)21-2,15(23)12-27-16-6-4-5-11-26-16)22(3)17(24)13-7-9-14(20)10-8-13;1-2-8-3-5-9(6-4-8)10(12)7-11/h9-16,24,26,32-33H,4-6,17-19H2,1-3H3,(H,30,36);7-10,16H,4-6,11-12H2,1-3H3,(H,21,25);1,3-6,10-12H,7H2/t24-,26?,29+;16?,19-;10-/m010/s1. The zero-order chi connectivity index (χ0) is 56.7. The third-order valence-corrected chi connectivity index (χ3v) is 13.8. The van der Waals surface area contributed by atoms with Crippen LogP contribution in [-0.2, 0) is 38.1 Å². The van der Waals surface area contributed by atoms with E-state index < -0.39 is 71.1 Å². The van der Waals surface area contributed by atoms with Crippen LogP contribution < -0.4 is 10.6 Å². The molecule has 2 aliphatic heterocycles. The summed E-state index contributed by atoms with van der Waals surface area (Å²) in [6.45, 7) is 2.70. The van der Waals surface area contributed by atoms with E-state index in [1.54, 1.807) is 97.1 Å². The minimum absolute atomic E-state index is 0.268. The van der Waals surface area contributed by atoms with Crippen LogP contribution in [0.3, 0.4) is 0 Å². The molecule has 2 unspecified atom stereocenters. The zero-order valence-electron chi connectivity index (χ0n) is 44.3. The molecule has 0 bridgehead atoms. The van der Waals surface area contributed by atoms with Gasteiger partial charge in [-0.15, -0.1) is 6.42 Å². The molecule has 0 radical (unpaired) electrons. The van der Waals surface area contributed by atoms with Crippen molar-refractivity contribution < 1.29 is 68.1 Å². The molecule has 0 spiro atoms. The number of aliphatic hydroxyl groups excluding tert-OH is 4. The maximum atomic E-state index is 13.3. The SMILES string of the molecule is C#Cc1ccc([C@@H](O)CO)cc1.CNC(=O)[C@@](C)(C(=O)COC1CCCCO1)N(C)C(=O)c1ccc(C#Cc2ccc([C@@H](O)CO)cc2)cc1.CNC(=O)[C@@](C)(C(=O)COC1CCCCO1)N(C)C(=O)c1ccc(I)cc1. The highest BCUT2D eigenvalue weighted by atomic mass is 127. The number of amides is 4. The minimum atomic E-state index is -1.78. The summed E-state index contributed by atoms with van der Waals surface area (Å²) in [5.41, 5.74) is 0.644. The fourth-order valence-electron chi connectivity index (χ4n) is 7.75. The average molecular weight is 1170 g/mol.